The quantitative estimate of drug-likeness (QED) is 0.823. The second-order valence-corrected chi connectivity index (χ2v) is 8.26. The van der Waals surface area contributed by atoms with Gasteiger partial charge in [-0.25, -0.2) is 0 Å². The average Bonchev–Trinajstić information content (AvgIpc) is 2.58. The number of likely N-dealkylation sites (tertiary alicyclic amines) is 2. The van der Waals surface area contributed by atoms with Crippen LogP contribution in [0.5, 0.6) is 0 Å². The molecule has 0 N–H and O–H groups in total. The van der Waals surface area contributed by atoms with E-state index in [0.29, 0.717) is 0 Å². The van der Waals surface area contributed by atoms with E-state index in [1.54, 1.807) is 0 Å². The van der Waals surface area contributed by atoms with Crippen LogP contribution in [0.3, 0.4) is 0 Å². The molecular weight excluding hydrogens is 318 g/mol. The molecule has 0 atom stereocenters. The molecule has 3 fully saturated rings. The number of nitrogens with zero attached hydrogens (tertiary/aromatic N) is 3. The van der Waals surface area contributed by atoms with E-state index < -0.39 is 0 Å². The van der Waals surface area contributed by atoms with Crippen LogP contribution in [-0.2, 0) is 0 Å². The third-order valence-corrected chi connectivity index (χ3v) is 6.71. The molecule has 132 valence electrons. The minimum absolute atomic E-state index is 0.795. The Morgan fingerprint density at radius 2 is 1.58 bits per heavy atom. The summed E-state index contributed by atoms with van der Waals surface area (Å²) in [7, 11) is 0. The fourth-order valence-corrected chi connectivity index (χ4v) is 4.74. The first kappa shape index (κ1) is 16.7. The maximum absolute atomic E-state index is 6.29. The molecule has 0 bridgehead atoms. The number of anilines is 1. The van der Waals surface area contributed by atoms with E-state index in [4.69, 9.17) is 11.6 Å². The summed E-state index contributed by atoms with van der Waals surface area (Å²) in [5.74, 6) is 0. The van der Waals surface area contributed by atoms with Crippen molar-refractivity contribution in [2.45, 2.75) is 51.1 Å². The van der Waals surface area contributed by atoms with Gasteiger partial charge in [-0.2, -0.15) is 0 Å². The summed E-state index contributed by atoms with van der Waals surface area (Å²) in [6.45, 7) is 9.68. The molecule has 0 spiro atoms. The molecule has 3 aliphatic rings. The third-order valence-electron chi connectivity index (χ3n) is 6.30. The zero-order chi connectivity index (χ0) is 16.5. The highest BCUT2D eigenvalue weighted by molar-refractivity contribution is 6.31. The van der Waals surface area contributed by atoms with Crippen LogP contribution in [0.1, 0.15) is 37.7 Å². The monoisotopic (exact) mass is 347 g/mol. The van der Waals surface area contributed by atoms with Crippen LogP contribution in [0.2, 0.25) is 5.02 Å². The van der Waals surface area contributed by atoms with Gasteiger partial charge < -0.3 is 4.90 Å². The Balaban J connectivity index is 1.25. The summed E-state index contributed by atoms with van der Waals surface area (Å²) in [6, 6.07) is 8.13. The second-order valence-electron chi connectivity index (χ2n) is 7.86. The van der Waals surface area contributed by atoms with Crippen molar-refractivity contribution in [3.8, 4) is 0 Å². The fraction of sp³-hybridized carbons (Fsp3) is 0.700. The summed E-state index contributed by atoms with van der Waals surface area (Å²) in [4.78, 5) is 7.98. The number of benzene rings is 1. The van der Waals surface area contributed by atoms with Gasteiger partial charge in [-0.3, -0.25) is 9.80 Å². The largest absolute Gasteiger partial charge is 0.371 e. The highest BCUT2D eigenvalue weighted by Gasteiger charge is 2.37. The molecular formula is C20H30ClN3. The standard InChI is InChI=1S/C20H30ClN3/c1-16-5-6-18(13-20(16)21)23-11-7-17(8-12-23)24-14-19(15-24)22-9-3-2-4-10-22/h5-6,13,17,19H,2-4,7-12,14-15H2,1H3. The van der Waals surface area contributed by atoms with Crippen LogP contribution < -0.4 is 4.90 Å². The van der Waals surface area contributed by atoms with Crippen LogP contribution in [0.4, 0.5) is 5.69 Å². The topological polar surface area (TPSA) is 9.72 Å². The number of rotatable bonds is 3. The molecule has 3 nitrogen and oxygen atoms in total. The number of hydrogen-bond donors (Lipinski definition) is 0. The zero-order valence-corrected chi connectivity index (χ0v) is 15.6. The van der Waals surface area contributed by atoms with Crippen molar-refractivity contribution in [2.75, 3.05) is 44.2 Å². The number of piperidine rings is 2. The van der Waals surface area contributed by atoms with Crippen LogP contribution in [0.15, 0.2) is 18.2 Å². The van der Waals surface area contributed by atoms with E-state index >= 15 is 0 Å². The Hall–Kier alpha value is -0.770. The first-order valence-corrected chi connectivity index (χ1v) is 10.1. The van der Waals surface area contributed by atoms with Crippen LogP contribution >= 0.6 is 11.6 Å². The van der Waals surface area contributed by atoms with Gasteiger partial charge in [-0.05, 0) is 63.4 Å². The molecule has 3 heterocycles. The van der Waals surface area contributed by atoms with E-state index in [2.05, 4.69) is 39.8 Å². The van der Waals surface area contributed by atoms with Gasteiger partial charge in [0.1, 0.15) is 0 Å². The minimum atomic E-state index is 0.795. The van der Waals surface area contributed by atoms with Crippen molar-refractivity contribution in [3.63, 3.8) is 0 Å². The van der Waals surface area contributed by atoms with Gasteiger partial charge in [0.15, 0.2) is 0 Å². The molecule has 3 aliphatic heterocycles. The summed E-state index contributed by atoms with van der Waals surface area (Å²) in [5, 5.41) is 0.890. The van der Waals surface area contributed by atoms with Gasteiger partial charge in [0, 0.05) is 49.0 Å². The Labute approximate surface area is 151 Å². The third kappa shape index (κ3) is 3.44. The number of aryl methyl sites for hydroxylation is 1. The number of halogens is 1. The van der Waals surface area contributed by atoms with Gasteiger partial charge in [-0.1, -0.05) is 24.1 Å². The molecule has 0 unspecified atom stereocenters. The molecule has 0 radical (unpaired) electrons. The maximum Gasteiger partial charge on any atom is 0.0455 e. The summed E-state index contributed by atoms with van der Waals surface area (Å²) < 4.78 is 0. The lowest BCUT2D eigenvalue weighted by molar-refractivity contribution is -0.00937. The van der Waals surface area contributed by atoms with Crippen molar-refractivity contribution in [1.82, 2.24) is 9.80 Å². The predicted molar refractivity (Wildman–Crippen MR) is 102 cm³/mol. The van der Waals surface area contributed by atoms with Crippen molar-refractivity contribution in [1.29, 1.82) is 0 Å². The first-order chi connectivity index (χ1) is 11.7. The van der Waals surface area contributed by atoms with E-state index in [-0.39, 0.29) is 0 Å². The molecule has 0 amide bonds. The fourth-order valence-electron chi connectivity index (χ4n) is 4.57. The molecule has 0 aromatic heterocycles. The smallest absolute Gasteiger partial charge is 0.0455 e. The van der Waals surface area contributed by atoms with Crippen molar-refractivity contribution in [3.05, 3.63) is 28.8 Å². The lowest BCUT2D eigenvalue weighted by Gasteiger charge is -2.51. The normalized spacial score (nSPS) is 25.0. The van der Waals surface area contributed by atoms with Gasteiger partial charge >= 0.3 is 0 Å². The average molecular weight is 348 g/mol. The van der Waals surface area contributed by atoms with Crippen LogP contribution in [0.25, 0.3) is 0 Å². The lowest BCUT2D eigenvalue weighted by atomic mass is 9.95. The van der Waals surface area contributed by atoms with Gasteiger partial charge in [0.2, 0.25) is 0 Å². The maximum atomic E-state index is 6.29. The van der Waals surface area contributed by atoms with E-state index in [1.807, 2.05) is 0 Å². The lowest BCUT2D eigenvalue weighted by Crippen LogP contribution is -2.64. The van der Waals surface area contributed by atoms with Gasteiger partial charge in [0.05, 0.1) is 0 Å². The summed E-state index contributed by atoms with van der Waals surface area (Å²) in [5.41, 5.74) is 2.46. The van der Waals surface area contributed by atoms with E-state index in [1.165, 1.54) is 69.5 Å². The Morgan fingerprint density at radius 1 is 0.875 bits per heavy atom. The molecule has 0 saturated carbocycles. The summed E-state index contributed by atoms with van der Waals surface area (Å²) in [6.07, 6.45) is 6.84. The highest BCUT2D eigenvalue weighted by Crippen LogP contribution is 2.29. The van der Waals surface area contributed by atoms with Crippen molar-refractivity contribution in [2.24, 2.45) is 0 Å². The van der Waals surface area contributed by atoms with Crippen molar-refractivity contribution < 1.29 is 0 Å². The second kappa shape index (κ2) is 7.23. The molecule has 1 aromatic rings. The Morgan fingerprint density at radius 3 is 2.25 bits per heavy atom. The molecule has 1 aromatic carbocycles. The predicted octanol–water partition coefficient (Wildman–Crippen LogP) is 3.79. The van der Waals surface area contributed by atoms with E-state index in [0.717, 1.165) is 30.2 Å². The van der Waals surface area contributed by atoms with E-state index in [9.17, 15) is 0 Å². The van der Waals surface area contributed by atoms with Gasteiger partial charge in [-0.15, -0.1) is 0 Å². The molecule has 0 aliphatic carbocycles. The van der Waals surface area contributed by atoms with Crippen LogP contribution in [0, 0.1) is 6.92 Å². The van der Waals surface area contributed by atoms with Gasteiger partial charge in [0.25, 0.3) is 0 Å². The Kier molecular flexibility index (Phi) is 5.03. The first-order valence-electron chi connectivity index (χ1n) is 9.70. The van der Waals surface area contributed by atoms with Crippen molar-refractivity contribution >= 4 is 17.3 Å². The SMILES string of the molecule is Cc1ccc(N2CCC(N3CC(N4CCCCC4)C3)CC2)cc1Cl. The molecule has 4 rings (SSSR count). The highest BCUT2D eigenvalue weighted by atomic mass is 35.5. The minimum Gasteiger partial charge on any atom is -0.371 e. The summed E-state index contributed by atoms with van der Waals surface area (Å²) >= 11 is 6.29. The van der Waals surface area contributed by atoms with Crippen LogP contribution in [-0.4, -0.2) is 61.2 Å². The molecule has 4 heteroatoms. The Bertz CT molecular complexity index is 556. The molecule has 24 heavy (non-hydrogen) atoms. The molecule has 3 saturated heterocycles. The number of hydrogen-bond acceptors (Lipinski definition) is 3. The zero-order valence-electron chi connectivity index (χ0n) is 14.9.